The Morgan fingerprint density at radius 2 is 1.89 bits per heavy atom. The van der Waals surface area contributed by atoms with Crippen LogP contribution in [0.25, 0.3) is 10.9 Å². The Morgan fingerprint density at radius 3 is 2.57 bits per heavy atom. The fraction of sp³-hybridized carbons (Fsp3) is 0.462. The number of hydrogen-bond acceptors (Lipinski definition) is 6. The maximum atomic E-state index is 13.3. The molecule has 3 N–H and O–H groups in total. The highest BCUT2D eigenvalue weighted by Crippen LogP contribution is 2.40. The highest BCUT2D eigenvalue weighted by atomic mass is 19.4. The van der Waals surface area contributed by atoms with Crippen molar-refractivity contribution in [3.05, 3.63) is 52.3 Å². The lowest BCUT2D eigenvalue weighted by Crippen LogP contribution is -2.44. The number of nitrogens with one attached hydrogen (secondary N) is 1. The third kappa shape index (κ3) is 4.61. The quantitative estimate of drug-likeness (QED) is 0.441. The van der Waals surface area contributed by atoms with E-state index < -0.39 is 17.8 Å². The van der Waals surface area contributed by atoms with Crippen molar-refractivity contribution in [2.45, 2.75) is 52.3 Å². The fourth-order valence-electron chi connectivity index (χ4n) is 4.85. The Balaban J connectivity index is 1.53. The summed E-state index contributed by atoms with van der Waals surface area (Å²) in [6.07, 6.45) is -1.62. The number of nitrogens with zero attached hydrogens (tertiary/aromatic N) is 2. The second-order valence-corrected chi connectivity index (χ2v) is 10.0. The van der Waals surface area contributed by atoms with Crippen LogP contribution in [0.4, 0.5) is 24.7 Å². The fourth-order valence-corrected chi connectivity index (χ4v) is 4.85. The van der Waals surface area contributed by atoms with Gasteiger partial charge in [-0.25, -0.2) is 9.97 Å². The lowest BCUT2D eigenvalue weighted by molar-refractivity contribution is -0.137. The molecular weight excluding hydrogens is 457 g/mol. The number of halogens is 3. The van der Waals surface area contributed by atoms with Crippen molar-refractivity contribution in [3.8, 4) is 5.75 Å². The van der Waals surface area contributed by atoms with Crippen LogP contribution in [0.3, 0.4) is 0 Å². The van der Waals surface area contributed by atoms with Crippen LogP contribution in [0, 0.1) is 12.3 Å². The van der Waals surface area contributed by atoms with Gasteiger partial charge in [0.1, 0.15) is 17.4 Å². The van der Waals surface area contributed by atoms with Crippen LogP contribution in [0.15, 0.2) is 24.3 Å². The number of nitrogens with two attached hydrogens (primary N) is 1. The number of anilines is 2. The molecule has 1 fully saturated rings. The van der Waals surface area contributed by atoms with Gasteiger partial charge < -0.3 is 20.5 Å². The normalized spacial score (nSPS) is 17.7. The van der Waals surface area contributed by atoms with E-state index >= 15 is 0 Å². The van der Waals surface area contributed by atoms with Crippen LogP contribution in [-0.2, 0) is 23.8 Å². The monoisotopic (exact) mass is 486 g/mol. The maximum Gasteiger partial charge on any atom is 0.416 e. The van der Waals surface area contributed by atoms with E-state index in [4.69, 9.17) is 20.2 Å². The molecule has 35 heavy (non-hydrogen) atoms. The third-order valence-electron chi connectivity index (χ3n) is 6.77. The minimum absolute atomic E-state index is 0.00322. The molecule has 1 aromatic heterocycles. The van der Waals surface area contributed by atoms with E-state index in [0.29, 0.717) is 37.0 Å². The van der Waals surface area contributed by atoms with Crippen LogP contribution in [0.2, 0.25) is 0 Å². The first-order chi connectivity index (χ1) is 16.5. The minimum atomic E-state index is -4.48. The van der Waals surface area contributed by atoms with Crippen LogP contribution in [0.1, 0.15) is 54.4 Å². The summed E-state index contributed by atoms with van der Waals surface area (Å²) in [6, 6.07) is 5.12. The first kappa shape index (κ1) is 23.7. The van der Waals surface area contributed by atoms with Gasteiger partial charge in [-0.15, -0.1) is 0 Å². The topological polar surface area (TPSA) is 82.3 Å². The lowest BCUT2D eigenvalue weighted by Gasteiger charge is -2.37. The van der Waals surface area contributed by atoms with Crippen molar-refractivity contribution in [2.24, 2.45) is 5.41 Å². The number of alkyl halides is 3. The molecule has 1 aliphatic carbocycles. The van der Waals surface area contributed by atoms with Gasteiger partial charge in [-0.05, 0) is 74.1 Å². The molecule has 1 saturated heterocycles. The Hall–Kier alpha value is -3.07. The van der Waals surface area contributed by atoms with Gasteiger partial charge in [0.15, 0.2) is 0 Å². The largest absolute Gasteiger partial charge is 0.493 e. The predicted octanol–water partition coefficient (Wildman–Crippen LogP) is 5.62. The van der Waals surface area contributed by atoms with Crippen molar-refractivity contribution in [3.63, 3.8) is 0 Å². The second-order valence-electron chi connectivity index (χ2n) is 10.0. The standard InChI is InChI=1S/C26H29F3N4O2/c1-14(16-7-17(26(27,28)29)9-18(30)8-16)31-24-21-10-22(35-13-25(3)11-34-12-25)19-5-4-6-20(19)23(21)32-15(2)33-24/h7-10,14H,4-6,11-13,30H2,1-3H3,(H,31,32,33)/t14-/m1/s1. The summed E-state index contributed by atoms with van der Waals surface area (Å²) >= 11 is 0. The van der Waals surface area contributed by atoms with E-state index in [9.17, 15) is 13.2 Å². The summed E-state index contributed by atoms with van der Waals surface area (Å²) in [5.74, 6) is 1.98. The van der Waals surface area contributed by atoms with Crippen molar-refractivity contribution in [2.75, 3.05) is 30.9 Å². The Kier molecular flexibility index (Phi) is 5.78. The van der Waals surface area contributed by atoms with Gasteiger partial charge in [0, 0.05) is 16.5 Å². The van der Waals surface area contributed by atoms with Gasteiger partial charge in [-0.3, -0.25) is 0 Å². The first-order valence-corrected chi connectivity index (χ1v) is 11.8. The Labute approximate surface area is 202 Å². The van der Waals surface area contributed by atoms with Gasteiger partial charge in [0.2, 0.25) is 0 Å². The third-order valence-corrected chi connectivity index (χ3v) is 6.77. The van der Waals surface area contributed by atoms with E-state index in [1.54, 1.807) is 13.0 Å². The molecule has 2 aromatic carbocycles. The SMILES string of the molecule is Cc1nc(N[C@H](C)c2cc(N)cc(C(F)(F)F)c2)c2cc(OCC3(C)COC3)c3c(c2n1)CCC3. The van der Waals surface area contributed by atoms with Crippen molar-refractivity contribution in [1.82, 2.24) is 9.97 Å². The van der Waals surface area contributed by atoms with Crippen LogP contribution in [0.5, 0.6) is 5.75 Å². The highest BCUT2D eigenvalue weighted by molar-refractivity contribution is 5.94. The molecule has 5 rings (SSSR count). The molecule has 6 nitrogen and oxygen atoms in total. The smallest absolute Gasteiger partial charge is 0.416 e. The zero-order chi connectivity index (χ0) is 25.0. The van der Waals surface area contributed by atoms with Gasteiger partial charge >= 0.3 is 6.18 Å². The van der Waals surface area contributed by atoms with Gasteiger partial charge in [0.25, 0.3) is 0 Å². The van der Waals surface area contributed by atoms with Crippen LogP contribution >= 0.6 is 0 Å². The van der Waals surface area contributed by atoms with Crippen molar-refractivity contribution in [1.29, 1.82) is 0 Å². The molecule has 2 heterocycles. The van der Waals surface area contributed by atoms with E-state index in [0.717, 1.165) is 53.6 Å². The van der Waals surface area contributed by atoms with Crippen molar-refractivity contribution >= 4 is 22.4 Å². The lowest BCUT2D eigenvalue weighted by atomic mass is 9.90. The Morgan fingerprint density at radius 1 is 1.14 bits per heavy atom. The number of hydrogen-bond donors (Lipinski definition) is 2. The molecule has 0 unspecified atom stereocenters. The van der Waals surface area contributed by atoms with Gasteiger partial charge in [0.05, 0.1) is 36.9 Å². The number of rotatable bonds is 6. The van der Waals surface area contributed by atoms with Gasteiger partial charge in [-0.1, -0.05) is 6.92 Å². The number of aromatic nitrogens is 2. The molecular formula is C26H29F3N4O2. The molecule has 1 aliphatic heterocycles. The number of aryl methyl sites for hydroxylation is 2. The molecule has 0 spiro atoms. The molecule has 9 heteroatoms. The molecule has 0 radical (unpaired) electrons. The Bertz CT molecular complexity index is 1290. The summed E-state index contributed by atoms with van der Waals surface area (Å²) in [7, 11) is 0. The number of nitrogen functional groups attached to an aromatic ring is 1. The van der Waals surface area contributed by atoms with E-state index in [2.05, 4.69) is 17.2 Å². The van der Waals surface area contributed by atoms with Gasteiger partial charge in [-0.2, -0.15) is 13.2 Å². The minimum Gasteiger partial charge on any atom is -0.493 e. The first-order valence-electron chi connectivity index (χ1n) is 11.8. The average molecular weight is 487 g/mol. The van der Waals surface area contributed by atoms with E-state index in [1.807, 2.05) is 13.0 Å². The average Bonchev–Trinajstić information content (AvgIpc) is 3.26. The van der Waals surface area contributed by atoms with Crippen LogP contribution < -0.4 is 15.8 Å². The molecule has 3 aromatic rings. The summed E-state index contributed by atoms with van der Waals surface area (Å²) in [6.45, 7) is 7.66. The molecule has 0 saturated carbocycles. The number of ether oxygens (including phenoxy) is 2. The molecule has 1 atom stereocenters. The highest BCUT2D eigenvalue weighted by Gasteiger charge is 2.35. The second kappa shape index (κ2) is 8.55. The predicted molar refractivity (Wildman–Crippen MR) is 129 cm³/mol. The summed E-state index contributed by atoms with van der Waals surface area (Å²) in [5, 5.41) is 4.11. The zero-order valence-corrected chi connectivity index (χ0v) is 20.1. The van der Waals surface area contributed by atoms with Crippen molar-refractivity contribution < 1.29 is 22.6 Å². The molecule has 2 aliphatic rings. The molecule has 0 amide bonds. The number of benzene rings is 2. The zero-order valence-electron chi connectivity index (χ0n) is 20.1. The van der Waals surface area contributed by atoms with Crippen LogP contribution in [-0.4, -0.2) is 29.8 Å². The van der Waals surface area contributed by atoms with E-state index in [1.165, 1.54) is 5.56 Å². The van der Waals surface area contributed by atoms with E-state index in [-0.39, 0.29) is 11.1 Å². The number of fused-ring (bicyclic) bond motifs is 3. The summed E-state index contributed by atoms with van der Waals surface area (Å²) in [5.41, 5.74) is 8.73. The summed E-state index contributed by atoms with van der Waals surface area (Å²) < 4.78 is 51.7. The summed E-state index contributed by atoms with van der Waals surface area (Å²) in [4.78, 5) is 9.34. The molecule has 0 bridgehead atoms. The maximum absolute atomic E-state index is 13.3. The molecule has 186 valence electrons.